The van der Waals surface area contributed by atoms with Gasteiger partial charge in [-0.25, -0.2) is 0 Å². The normalized spacial score (nSPS) is 15.9. The van der Waals surface area contributed by atoms with Crippen LogP contribution in [0, 0.1) is 5.41 Å². The third-order valence-electron chi connectivity index (χ3n) is 1.96. The fraction of sp³-hybridized carbons (Fsp3) is 0.625. The molecule has 0 amide bonds. The van der Waals surface area contributed by atoms with Gasteiger partial charge in [0.15, 0.2) is 0 Å². The number of aromatic nitrogens is 1. The van der Waals surface area contributed by atoms with Crippen LogP contribution in [0.25, 0.3) is 0 Å². The third kappa shape index (κ3) is 2.27. The minimum absolute atomic E-state index is 0.126. The predicted octanol–water partition coefficient (Wildman–Crippen LogP) is 0.643. The van der Waals surface area contributed by atoms with Gasteiger partial charge < -0.3 is 10.8 Å². The second kappa shape index (κ2) is 3.98. The zero-order chi connectivity index (χ0) is 9.03. The van der Waals surface area contributed by atoms with E-state index in [9.17, 15) is 0 Å². The van der Waals surface area contributed by atoms with Gasteiger partial charge in [0.05, 0.1) is 5.51 Å². The largest absolute Gasteiger partial charge is 0.396 e. The monoisotopic (exact) mass is 186 g/mol. The van der Waals surface area contributed by atoms with E-state index in [4.69, 9.17) is 10.8 Å². The molecule has 0 aliphatic rings. The SMILES string of the molecule is CC(CN)(CO)Cc1cncs1. The van der Waals surface area contributed by atoms with Gasteiger partial charge in [0, 0.05) is 29.6 Å². The molecule has 0 spiro atoms. The third-order valence-corrected chi connectivity index (χ3v) is 2.74. The topological polar surface area (TPSA) is 59.1 Å². The van der Waals surface area contributed by atoms with E-state index in [2.05, 4.69) is 4.98 Å². The Hall–Kier alpha value is -0.450. The molecule has 0 fully saturated rings. The average molecular weight is 186 g/mol. The van der Waals surface area contributed by atoms with E-state index in [0.29, 0.717) is 6.54 Å². The van der Waals surface area contributed by atoms with Crippen molar-refractivity contribution in [3.63, 3.8) is 0 Å². The molecule has 12 heavy (non-hydrogen) atoms. The van der Waals surface area contributed by atoms with Gasteiger partial charge in [-0.3, -0.25) is 4.98 Å². The van der Waals surface area contributed by atoms with Crippen LogP contribution >= 0.6 is 11.3 Å². The van der Waals surface area contributed by atoms with E-state index in [1.165, 1.54) is 4.88 Å². The highest BCUT2D eigenvalue weighted by atomic mass is 32.1. The Morgan fingerprint density at radius 1 is 1.75 bits per heavy atom. The van der Waals surface area contributed by atoms with Crippen molar-refractivity contribution in [1.29, 1.82) is 0 Å². The van der Waals surface area contributed by atoms with Gasteiger partial charge in [-0.15, -0.1) is 11.3 Å². The van der Waals surface area contributed by atoms with Crippen LogP contribution in [0.3, 0.4) is 0 Å². The van der Waals surface area contributed by atoms with Crippen molar-refractivity contribution in [2.45, 2.75) is 13.3 Å². The van der Waals surface area contributed by atoms with Crippen molar-refractivity contribution in [3.8, 4) is 0 Å². The lowest BCUT2D eigenvalue weighted by atomic mass is 9.87. The minimum Gasteiger partial charge on any atom is -0.396 e. The lowest BCUT2D eigenvalue weighted by Crippen LogP contribution is -2.32. The van der Waals surface area contributed by atoms with E-state index >= 15 is 0 Å². The number of aliphatic hydroxyl groups is 1. The van der Waals surface area contributed by atoms with Crippen LogP contribution in [-0.2, 0) is 6.42 Å². The van der Waals surface area contributed by atoms with Crippen molar-refractivity contribution in [2.24, 2.45) is 11.1 Å². The number of rotatable bonds is 4. The molecule has 0 saturated carbocycles. The van der Waals surface area contributed by atoms with E-state index < -0.39 is 0 Å². The van der Waals surface area contributed by atoms with E-state index in [-0.39, 0.29) is 12.0 Å². The maximum atomic E-state index is 9.09. The molecule has 0 aromatic carbocycles. The maximum absolute atomic E-state index is 9.09. The summed E-state index contributed by atoms with van der Waals surface area (Å²) in [7, 11) is 0. The summed E-state index contributed by atoms with van der Waals surface area (Å²) in [5.74, 6) is 0. The fourth-order valence-corrected chi connectivity index (χ4v) is 1.75. The second-order valence-electron chi connectivity index (χ2n) is 3.32. The zero-order valence-electron chi connectivity index (χ0n) is 7.16. The van der Waals surface area contributed by atoms with Crippen molar-refractivity contribution in [2.75, 3.05) is 13.2 Å². The highest BCUT2D eigenvalue weighted by Gasteiger charge is 2.22. The molecule has 0 radical (unpaired) electrons. The van der Waals surface area contributed by atoms with Crippen molar-refractivity contribution >= 4 is 11.3 Å². The Kier molecular flexibility index (Phi) is 3.20. The van der Waals surface area contributed by atoms with Gasteiger partial charge in [-0.05, 0) is 6.42 Å². The fourth-order valence-electron chi connectivity index (χ4n) is 0.943. The van der Waals surface area contributed by atoms with Crippen LogP contribution in [0.4, 0.5) is 0 Å². The maximum Gasteiger partial charge on any atom is 0.0794 e. The molecule has 1 heterocycles. The molecule has 1 aromatic rings. The first kappa shape index (κ1) is 9.64. The number of thiazole rings is 1. The molecule has 3 nitrogen and oxygen atoms in total. The molecule has 4 heteroatoms. The van der Waals surface area contributed by atoms with Crippen LogP contribution < -0.4 is 5.73 Å². The summed E-state index contributed by atoms with van der Waals surface area (Å²) in [6.07, 6.45) is 2.64. The summed E-state index contributed by atoms with van der Waals surface area (Å²) in [5.41, 5.74) is 7.17. The lowest BCUT2D eigenvalue weighted by Gasteiger charge is -2.23. The predicted molar refractivity (Wildman–Crippen MR) is 50.1 cm³/mol. The highest BCUT2D eigenvalue weighted by Crippen LogP contribution is 2.22. The number of aliphatic hydroxyl groups excluding tert-OH is 1. The molecular formula is C8H14N2OS. The first-order valence-electron chi connectivity index (χ1n) is 3.88. The Bertz CT molecular complexity index is 219. The summed E-state index contributed by atoms with van der Waals surface area (Å²) in [5, 5.41) is 9.09. The lowest BCUT2D eigenvalue weighted by molar-refractivity contribution is 0.150. The molecule has 0 bridgehead atoms. The van der Waals surface area contributed by atoms with Crippen molar-refractivity contribution in [3.05, 3.63) is 16.6 Å². The number of nitrogens with zero attached hydrogens (tertiary/aromatic N) is 1. The minimum atomic E-state index is -0.188. The van der Waals surface area contributed by atoms with E-state index in [1.807, 2.05) is 13.1 Å². The smallest absolute Gasteiger partial charge is 0.0794 e. The quantitative estimate of drug-likeness (QED) is 0.725. The Balaban J connectivity index is 2.60. The van der Waals surface area contributed by atoms with Gasteiger partial charge in [0.2, 0.25) is 0 Å². The van der Waals surface area contributed by atoms with E-state index in [1.54, 1.807) is 16.8 Å². The first-order valence-corrected chi connectivity index (χ1v) is 4.76. The second-order valence-corrected chi connectivity index (χ2v) is 4.29. The number of nitrogens with two attached hydrogens (primary N) is 1. The van der Waals surface area contributed by atoms with Gasteiger partial charge in [0.25, 0.3) is 0 Å². The Labute approximate surface area is 76.3 Å². The number of hydrogen-bond donors (Lipinski definition) is 2. The van der Waals surface area contributed by atoms with Gasteiger partial charge in [-0.1, -0.05) is 6.92 Å². The van der Waals surface area contributed by atoms with E-state index in [0.717, 1.165) is 6.42 Å². The molecular weight excluding hydrogens is 172 g/mol. The van der Waals surface area contributed by atoms with Crippen LogP contribution in [0.5, 0.6) is 0 Å². The summed E-state index contributed by atoms with van der Waals surface area (Å²) in [4.78, 5) is 5.15. The van der Waals surface area contributed by atoms with Gasteiger partial charge >= 0.3 is 0 Å². The standard InChI is InChI=1S/C8H14N2OS/c1-8(4-9,5-11)2-7-3-10-6-12-7/h3,6,11H,2,4-5,9H2,1H3. The van der Waals surface area contributed by atoms with Crippen LogP contribution in [0.2, 0.25) is 0 Å². The molecule has 1 rings (SSSR count). The van der Waals surface area contributed by atoms with Crippen LogP contribution in [0.15, 0.2) is 11.7 Å². The number of hydrogen-bond acceptors (Lipinski definition) is 4. The molecule has 1 aromatic heterocycles. The Morgan fingerprint density at radius 3 is 2.92 bits per heavy atom. The molecule has 1 atom stereocenters. The van der Waals surface area contributed by atoms with Crippen molar-refractivity contribution in [1.82, 2.24) is 4.98 Å². The molecule has 1 unspecified atom stereocenters. The molecule has 0 aliphatic heterocycles. The zero-order valence-corrected chi connectivity index (χ0v) is 7.97. The summed E-state index contributed by atoms with van der Waals surface area (Å²) in [6.45, 7) is 2.61. The highest BCUT2D eigenvalue weighted by molar-refractivity contribution is 7.09. The Morgan fingerprint density at radius 2 is 2.50 bits per heavy atom. The van der Waals surface area contributed by atoms with Gasteiger partial charge in [-0.2, -0.15) is 0 Å². The molecule has 68 valence electrons. The van der Waals surface area contributed by atoms with Crippen LogP contribution in [-0.4, -0.2) is 23.2 Å². The molecule has 0 aliphatic carbocycles. The van der Waals surface area contributed by atoms with Crippen molar-refractivity contribution < 1.29 is 5.11 Å². The van der Waals surface area contributed by atoms with Crippen LogP contribution in [0.1, 0.15) is 11.8 Å². The summed E-state index contributed by atoms with van der Waals surface area (Å²) < 4.78 is 0. The summed E-state index contributed by atoms with van der Waals surface area (Å²) >= 11 is 1.60. The average Bonchev–Trinajstić information content (AvgIpc) is 2.57. The van der Waals surface area contributed by atoms with Gasteiger partial charge in [0.1, 0.15) is 0 Å². The summed E-state index contributed by atoms with van der Waals surface area (Å²) in [6, 6.07) is 0. The first-order chi connectivity index (χ1) is 5.70. The molecule has 0 saturated heterocycles. The molecule has 3 N–H and O–H groups in total.